The summed E-state index contributed by atoms with van der Waals surface area (Å²) in [7, 11) is 0. The van der Waals surface area contributed by atoms with Crippen molar-refractivity contribution in [3.63, 3.8) is 0 Å². The molecule has 0 amide bonds. The van der Waals surface area contributed by atoms with Crippen LogP contribution < -0.4 is 0 Å². The van der Waals surface area contributed by atoms with Crippen LogP contribution in [-0.4, -0.2) is 37.7 Å². The molecule has 0 aromatic heterocycles. The number of carbonyl (C=O) groups excluding carboxylic acids is 2. The Balaban J connectivity index is 1.92. The smallest absolute Gasteiger partial charge is 0.309 e. The number of hydrogen-bond acceptors (Lipinski definition) is 5. The van der Waals surface area contributed by atoms with Gasteiger partial charge in [-0.2, -0.15) is 0 Å². The van der Waals surface area contributed by atoms with E-state index >= 15 is 0 Å². The molecule has 118 valence electrons. The standard InChI is InChI=1S/C16H24O5/c1-3-5-6-11(16(18)20-4-2)8-14(17)15-12-7-13(21-15)10-19-9-12/h11-13H,1,3-10H2,2H3. The Morgan fingerprint density at radius 3 is 2.90 bits per heavy atom. The van der Waals surface area contributed by atoms with Gasteiger partial charge in [0.2, 0.25) is 0 Å². The van der Waals surface area contributed by atoms with Crippen molar-refractivity contribution in [2.75, 3.05) is 19.8 Å². The van der Waals surface area contributed by atoms with E-state index in [9.17, 15) is 9.59 Å². The number of hydrogen-bond donors (Lipinski definition) is 0. The Labute approximate surface area is 126 Å². The lowest BCUT2D eigenvalue weighted by Gasteiger charge is -2.19. The topological polar surface area (TPSA) is 61.8 Å². The number of rotatable bonds is 8. The van der Waals surface area contributed by atoms with Crippen LogP contribution in [0.2, 0.25) is 0 Å². The molecule has 0 aromatic rings. The Kier molecular flexibility index (Phi) is 6.18. The molecule has 2 aliphatic heterocycles. The van der Waals surface area contributed by atoms with Crippen LogP contribution >= 0.6 is 0 Å². The van der Waals surface area contributed by atoms with Gasteiger partial charge >= 0.3 is 5.97 Å². The maximum Gasteiger partial charge on any atom is 0.309 e. The van der Waals surface area contributed by atoms with Crippen molar-refractivity contribution in [3.8, 4) is 0 Å². The Morgan fingerprint density at radius 1 is 1.43 bits per heavy atom. The predicted octanol–water partition coefficient (Wildman–Crippen LogP) is 2.10. The summed E-state index contributed by atoms with van der Waals surface area (Å²) in [5.41, 5.74) is 0. The highest BCUT2D eigenvalue weighted by atomic mass is 16.6. The van der Waals surface area contributed by atoms with E-state index in [1.807, 2.05) is 0 Å². The second-order valence-electron chi connectivity index (χ2n) is 5.65. The zero-order valence-electron chi connectivity index (χ0n) is 12.6. The molecular weight excluding hydrogens is 272 g/mol. The highest BCUT2D eigenvalue weighted by Gasteiger charge is 2.44. The number of fused-ring (bicyclic) bond motifs is 2. The van der Waals surface area contributed by atoms with Gasteiger partial charge in [-0.3, -0.25) is 9.59 Å². The van der Waals surface area contributed by atoms with E-state index in [2.05, 4.69) is 6.92 Å². The van der Waals surface area contributed by atoms with E-state index in [1.165, 1.54) is 0 Å². The molecule has 3 atom stereocenters. The largest absolute Gasteiger partial charge is 0.466 e. The van der Waals surface area contributed by atoms with Crippen LogP contribution in [0.3, 0.4) is 0 Å². The number of esters is 1. The first-order chi connectivity index (χ1) is 10.2. The van der Waals surface area contributed by atoms with Crippen molar-refractivity contribution in [3.05, 3.63) is 13.0 Å². The zero-order valence-corrected chi connectivity index (χ0v) is 12.6. The SMILES string of the molecule is [CH2]CCCC(CC(=O)[C]1OC2COCC1C2)C(=O)OCC. The van der Waals surface area contributed by atoms with Gasteiger partial charge in [-0.25, -0.2) is 0 Å². The molecule has 2 saturated heterocycles. The van der Waals surface area contributed by atoms with Gasteiger partial charge < -0.3 is 14.2 Å². The number of unbranched alkanes of at least 4 members (excludes halogenated alkanes) is 1. The molecule has 2 fully saturated rings. The monoisotopic (exact) mass is 296 g/mol. The van der Waals surface area contributed by atoms with E-state index in [0.717, 1.165) is 19.3 Å². The number of ether oxygens (including phenoxy) is 3. The molecule has 5 heteroatoms. The van der Waals surface area contributed by atoms with Crippen molar-refractivity contribution in [2.24, 2.45) is 11.8 Å². The van der Waals surface area contributed by atoms with Crippen LogP contribution in [0.25, 0.3) is 0 Å². The van der Waals surface area contributed by atoms with Gasteiger partial charge in [0.15, 0.2) is 11.9 Å². The van der Waals surface area contributed by atoms with Gasteiger partial charge in [-0.15, -0.1) is 0 Å². The quantitative estimate of drug-likeness (QED) is 0.642. The molecule has 2 aliphatic rings. The van der Waals surface area contributed by atoms with Gasteiger partial charge in [0.25, 0.3) is 0 Å². The van der Waals surface area contributed by atoms with Crippen molar-refractivity contribution in [2.45, 2.75) is 45.1 Å². The lowest BCUT2D eigenvalue weighted by atomic mass is 9.89. The molecule has 5 nitrogen and oxygen atoms in total. The molecule has 2 rings (SSSR count). The van der Waals surface area contributed by atoms with Crippen molar-refractivity contribution >= 4 is 11.8 Å². The normalized spacial score (nSPS) is 26.6. The summed E-state index contributed by atoms with van der Waals surface area (Å²) >= 11 is 0. The summed E-state index contributed by atoms with van der Waals surface area (Å²) in [6, 6.07) is 0. The molecule has 2 bridgehead atoms. The second-order valence-corrected chi connectivity index (χ2v) is 5.65. The summed E-state index contributed by atoms with van der Waals surface area (Å²) < 4.78 is 16.1. The Hall–Kier alpha value is -0.940. The van der Waals surface area contributed by atoms with Crippen molar-refractivity contribution in [1.82, 2.24) is 0 Å². The minimum Gasteiger partial charge on any atom is -0.466 e. The van der Waals surface area contributed by atoms with Crippen molar-refractivity contribution < 1.29 is 23.8 Å². The fraction of sp³-hybridized carbons (Fsp3) is 0.750. The van der Waals surface area contributed by atoms with Crippen molar-refractivity contribution in [1.29, 1.82) is 0 Å². The summed E-state index contributed by atoms with van der Waals surface area (Å²) in [4.78, 5) is 24.4. The molecule has 0 spiro atoms. The van der Waals surface area contributed by atoms with E-state index in [1.54, 1.807) is 6.92 Å². The lowest BCUT2D eigenvalue weighted by molar-refractivity contribution is -0.150. The second kappa shape index (κ2) is 7.90. The highest BCUT2D eigenvalue weighted by Crippen LogP contribution is 2.38. The van der Waals surface area contributed by atoms with Crippen LogP contribution in [0.4, 0.5) is 0 Å². The van der Waals surface area contributed by atoms with Crippen LogP contribution in [-0.2, 0) is 23.8 Å². The average molecular weight is 296 g/mol. The first-order valence-corrected chi connectivity index (χ1v) is 7.76. The first kappa shape index (κ1) is 16.4. The van der Waals surface area contributed by atoms with E-state index in [-0.39, 0.29) is 30.2 Å². The maximum atomic E-state index is 12.4. The van der Waals surface area contributed by atoms with Gasteiger partial charge in [0.1, 0.15) is 0 Å². The van der Waals surface area contributed by atoms with E-state index < -0.39 is 5.92 Å². The third-order valence-corrected chi connectivity index (χ3v) is 3.96. The summed E-state index contributed by atoms with van der Waals surface area (Å²) in [6.07, 6.45) is 3.70. The third-order valence-electron chi connectivity index (χ3n) is 3.96. The van der Waals surface area contributed by atoms with Crippen LogP contribution in [0.15, 0.2) is 0 Å². The van der Waals surface area contributed by atoms with E-state index in [0.29, 0.717) is 32.3 Å². The summed E-state index contributed by atoms with van der Waals surface area (Å²) in [5.74, 6) is -0.698. The van der Waals surface area contributed by atoms with Crippen LogP contribution in [0.1, 0.15) is 39.0 Å². The zero-order chi connectivity index (χ0) is 15.2. The van der Waals surface area contributed by atoms with Crippen LogP contribution in [0, 0.1) is 24.9 Å². The molecule has 0 aromatic carbocycles. The van der Waals surface area contributed by atoms with Gasteiger partial charge in [0, 0.05) is 12.3 Å². The molecule has 2 heterocycles. The maximum absolute atomic E-state index is 12.4. The Morgan fingerprint density at radius 2 is 2.24 bits per heavy atom. The molecule has 21 heavy (non-hydrogen) atoms. The average Bonchev–Trinajstić information content (AvgIpc) is 2.77. The first-order valence-electron chi connectivity index (χ1n) is 7.76. The number of ketones is 1. The fourth-order valence-electron chi connectivity index (χ4n) is 2.91. The summed E-state index contributed by atoms with van der Waals surface area (Å²) in [5, 5.41) is 0. The Bertz CT molecular complexity index is 368. The fourth-order valence-corrected chi connectivity index (χ4v) is 2.91. The molecule has 0 N–H and O–H groups in total. The summed E-state index contributed by atoms with van der Waals surface area (Å²) in [6.45, 7) is 6.98. The van der Waals surface area contributed by atoms with Gasteiger partial charge in [-0.1, -0.05) is 19.8 Å². The molecule has 3 unspecified atom stereocenters. The number of carbonyl (C=O) groups is 2. The van der Waals surface area contributed by atoms with Gasteiger partial charge in [-0.05, 0) is 19.8 Å². The molecule has 0 saturated carbocycles. The minimum atomic E-state index is -0.392. The lowest BCUT2D eigenvalue weighted by Crippen LogP contribution is -2.27. The minimum absolute atomic E-state index is 0.00332. The molecular formula is C16H24O5. The van der Waals surface area contributed by atoms with E-state index in [4.69, 9.17) is 14.2 Å². The third kappa shape index (κ3) is 4.27. The highest BCUT2D eigenvalue weighted by molar-refractivity contribution is 5.93. The van der Waals surface area contributed by atoms with Crippen LogP contribution in [0.5, 0.6) is 0 Å². The molecule has 0 aliphatic carbocycles. The predicted molar refractivity (Wildman–Crippen MR) is 76.0 cm³/mol. The molecule has 2 radical (unpaired) electrons. The van der Waals surface area contributed by atoms with Gasteiger partial charge in [0.05, 0.1) is 31.8 Å². The number of Topliss-reactive ketones (excluding diaryl/α,β-unsaturated/α-hetero) is 1.